The summed E-state index contributed by atoms with van der Waals surface area (Å²) in [6.07, 6.45) is 2.70. The second-order valence-electron chi connectivity index (χ2n) is 6.21. The van der Waals surface area contributed by atoms with Gasteiger partial charge in [0.1, 0.15) is 5.69 Å². The molecule has 136 valence electrons. The van der Waals surface area contributed by atoms with Crippen molar-refractivity contribution in [3.63, 3.8) is 0 Å². The van der Waals surface area contributed by atoms with Crippen LogP contribution in [0.2, 0.25) is 0 Å². The smallest absolute Gasteiger partial charge is 0.355 e. The summed E-state index contributed by atoms with van der Waals surface area (Å²) in [7, 11) is 0. The van der Waals surface area contributed by atoms with Crippen molar-refractivity contribution in [2.75, 3.05) is 13.2 Å². The predicted molar refractivity (Wildman–Crippen MR) is 101 cm³/mol. The Morgan fingerprint density at radius 1 is 1.19 bits per heavy atom. The van der Waals surface area contributed by atoms with Crippen LogP contribution in [-0.2, 0) is 11.2 Å². The van der Waals surface area contributed by atoms with Crippen LogP contribution in [0.3, 0.4) is 0 Å². The fraction of sp³-hybridized carbons (Fsp3) is 0.300. The third-order valence-corrected chi connectivity index (χ3v) is 4.50. The first kappa shape index (κ1) is 17.8. The molecule has 1 amide bonds. The summed E-state index contributed by atoms with van der Waals surface area (Å²) >= 11 is 0. The van der Waals surface area contributed by atoms with Gasteiger partial charge in [-0.25, -0.2) is 4.79 Å². The van der Waals surface area contributed by atoms with E-state index >= 15 is 0 Å². The van der Waals surface area contributed by atoms with Crippen molar-refractivity contribution >= 4 is 22.8 Å². The second-order valence-corrected chi connectivity index (χ2v) is 6.21. The molecule has 3 N–H and O–H groups in total. The fourth-order valence-corrected chi connectivity index (χ4v) is 3.24. The van der Waals surface area contributed by atoms with E-state index < -0.39 is 5.97 Å². The van der Waals surface area contributed by atoms with Gasteiger partial charge in [0.05, 0.1) is 12.2 Å². The van der Waals surface area contributed by atoms with Gasteiger partial charge < -0.3 is 20.0 Å². The van der Waals surface area contributed by atoms with Crippen LogP contribution in [0.25, 0.3) is 10.9 Å². The van der Waals surface area contributed by atoms with Gasteiger partial charge in [-0.2, -0.15) is 0 Å². The van der Waals surface area contributed by atoms with Crippen molar-refractivity contribution in [3.8, 4) is 0 Å². The minimum atomic E-state index is -0.439. The molecule has 0 spiro atoms. The summed E-state index contributed by atoms with van der Waals surface area (Å²) in [4.78, 5) is 30.7. The van der Waals surface area contributed by atoms with E-state index in [4.69, 9.17) is 4.74 Å². The van der Waals surface area contributed by atoms with Crippen molar-refractivity contribution in [1.29, 1.82) is 0 Å². The highest BCUT2D eigenvalue weighted by molar-refractivity contribution is 6.01. The van der Waals surface area contributed by atoms with Crippen LogP contribution in [0, 0.1) is 13.8 Å². The molecule has 6 heteroatoms. The van der Waals surface area contributed by atoms with Crippen molar-refractivity contribution in [2.45, 2.75) is 27.2 Å². The Labute approximate surface area is 151 Å². The number of aryl methyl sites for hydroxylation is 1. The minimum absolute atomic E-state index is 0.188. The number of rotatable bonds is 6. The first-order valence-electron chi connectivity index (χ1n) is 8.72. The van der Waals surface area contributed by atoms with Gasteiger partial charge in [0, 0.05) is 29.3 Å². The van der Waals surface area contributed by atoms with Crippen LogP contribution in [0.5, 0.6) is 0 Å². The molecular weight excluding hydrogens is 330 g/mol. The molecule has 2 aromatic heterocycles. The summed E-state index contributed by atoms with van der Waals surface area (Å²) in [5.41, 5.74) is 4.37. The summed E-state index contributed by atoms with van der Waals surface area (Å²) in [6.45, 7) is 6.10. The molecule has 0 bridgehead atoms. The molecule has 0 fully saturated rings. The molecule has 0 radical (unpaired) electrons. The standard InChI is InChI=1S/C20H23N3O3/c1-4-26-20(25)18-12(2)17(13(3)23-18)19(24)21-10-9-14-11-22-16-8-6-5-7-15(14)16/h5-8,11,22-23H,4,9-10H2,1-3H3,(H,21,24). The zero-order valence-electron chi connectivity index (χ0n) is 15.2. The fourth-order valence-electron chi connectivity index (χ4n) is 3.24. The lowest BCUT2D eigenvalue weighted by Crippen LogP contribution is -2.26. The Morgan fingerprint density at radius 3 is 2.73 bits per heavy atom. The van der Waals surface area contributed by atoms with E-state index in [0.717, 1.165) is 17.5 Å². The number of esters is 1. The van der Waals surface area contributed by atoms with E-state index in [9.17, 15) is 9.59 Å². The van der Waals surface area contributed by atoms with E-state index in [1.165, 1.54) is 5.39 Å². The topological polar surface area (TPSA) is 87.0 Å². The number of hydrogen-bond donors (Lipinski definition) is 3. The Kier molecular flexibility index (Phi) is 5.11. The maximum atomic E-state index is 12.6. The summed E-state index contributed by atoms with van der Waals surface area (Å²) in [5.74, 6) is -0.627. The molecule has 3 rings (SSSR count). The Morgan fingerprint density at radius 2 is 1.96 bits per heavy atom. The SMILES string of the molecule is CCOC(=O)c1[nH]c(C)c(C(=O)NCCc2c[nH]c3ccccc23)c1C. The number of carbonyl (C=O) groups is 2. The van der Waals surface area contributed by atoms with Crippen LogP contribution in [0.1, 0.15) is 44.6 Å². The lowest BCUT2D eigenvalue weighted by atomic mass is 10.1. The highest BCUT2D eigenvalue weighted by atomic mass is 16.5. The number of hydrogen-bond acceptors (Lipinski definition) is 3. The molecular formula is C20H23N3O3. The molecule has 2 heterocycles. The second kappa shape index (κ2) is 7.47. The van der Waals surface area contributed by atoms with Crippen LogP contribution >= 0.6 is 0 Å². The molecule has 6 nitrogen and oxygen atoms in total. The highest BCUT2D eigenvalue weighted by Crippen LogP contribution is 2.20. The molecule has 0 aliphatic heterocycles. The summed E-state index contributed by atoms with van der Waals surface area (Å²) in [6, 6.07) is 8.08. The zero-order chi connectivity index (χ0) is 18.7. The average Bonchev–Trinajstić information content (AvgIpc) is 3.16. The van der Waals surface area contributed by atoms with Gasteiger partial charge >= 0.3 is 5.97 Å². The first-order chi connectivity index (χ1) is 12.5. The third kappa shape index (κ3) is 3.35. The monoisotopic (exact) mass is 353 g/mol. The van der Waals surface area contributed by atoms with Crippen molar-refractivity contribution in [3.05, 3.63) is 58.5 Å². The maximum absolute atomic E-state index is 12.6. The molecule has 1 aromatic carbocycles. The molecule has 0 aliphatic carbocycles. The number of H-pyrrole nitrogens is 2. The number of aromatic amines is 2. The van der Waals surface area contributed by atoms with Crippen LogP contribution in [-0.4, -0.2) is 35.0 Å². The van der Waals surface area contributed by atoms with Gasteiger partial charge in [-0.1, -0.05) is 18.2 Å². The van der Waals surface area contributed by atoms with Gasteiger partial charge in [0.2, 0.25) is 0 Å². The molecule has 26 heavy (non-hydrogen) atoms. The predicted octanol–water partition coefficient (Wildman–Crippen LogP) is 3.26. The lowest BCUT2D eigenvalue weighted by Gasteiger charge is -2.06. The maximum Gasteiger partial charge on any atom is 0.355 e. The number of benzene rings is 1. The van der Waals surface area contributed by atoms with Gasteiger partial charge in [-0.3, -0.25) is 4.79 Å². The van der Waals surface area contributed by atoms with Crippen molar-refractivity contribution < 1.29 is 14.3 Å². The van der Waals surface area contributed by atoms with E-state index in [1.54, 1.807) is 20.8 Å². The first-order valence-corrected chi connectivity index (χ1v) is 8.72. The quantitative estimate of drug-likeness (QED) is 0.595. The lowest BCUT2D eigenvalue weighted by molar-refractivity contribution is 0.0519. The number of fused-ring (bicyclic) bond motifs is 1. The normalized spacial score (nSPS) is 10.9. The largest absolute Gasteiger partial charge is 0.461 e. The Bertz CT molecular complexity index is 953. The molecule has 0 unspecified atom stereocenters. The number of aromatic nitrogens is 2. The van der Waals surface area contributed by atoms with Gasteiger partial charge in [-0.15, -0.1) is 0 Å². The van der Waals surface area contributed by atoms with E-state index in [-0.39, 0.29) is 5.91 Å². The zero-order valence-corrected chi connectivity index (χ0v) is 15.2. The molecule has 0 atom stereocenters. The van der Waals surface area contributed by atoms with E-state index in [1.807, 2.05) is 24.4 Å². The molecule has 0 saturated heterocycles. The van der Waals surface area contributed by atoms with Gasteiger partial charge in [-0.05, 0) is 44.4 Å². The number of amides is 1. The summed E-state index contributed by atoms with van der Waals surface area (Å²) < 4.78 is 5.02. The number of carbonyl (C=O) groups excluding carboxylic acids is 2. The molecule has 0 aliphatic rings. The Balaban J connectivity index is 1.68. The average molecular weight is 353 g/mol. The minimum Gasteiger partial charge on any atom is -0.461 e. The van der Waals surface area contributed by atoms with Gasteiger partial charge in [0.15, 0.2) is 0 Å². The summed E-state index contributed by atoms with van der Waals surface area (Å²) in [5, 5.41) is 4.11. The number of ether oxygens (including phenoxy) is 1. The highest BCUT2D eigenvalue weighted by Gasteiger charge is 2.22. The van der Waals surface area contributed by atoms with E-state index in [2.05, 4.69) is 21.4 Å². The third-order valence-electron chi connectivity index (χ3n) is 4.50. The van der Waals surface area contributed by atoms with E-state index in [0.29, 0.717) is 35.7 Å². The number of para-hydroxylation sites is 1. The van der Waals surface area contributed by atoms with Crippen LogP contribution < -0.4 is 5.32 Å². The molecule has 3 aromatic rings. The van der Waals surface area contributed by atoms with Crippen LogP contribution in [0.15, 0.2) is 30.5 Å². The van der Waals surface area contributed by atoms with Crippen LogP contribution in [0.4, 0.5) is 0 Å². The molecule has 0 saturated carbocycles. The Hall–Kier alpha value is -3.02. The number of nitrogens with one attached hydrogen (secondary N) is 3. The van der Waals surface area contributed by atoms with Gasteiger partial charge in [0.25, 0.3) is 5.91 Å². The van der Waals surface area contributed by atoms with Crippen molar-refractivity contribution in [2.24, 2.45) is 0 Å². The van der Waals surface area contributed by atoms with Crippen molar-refractivity contribution in [1.82, 2.24) is 15.3 Å².